The third kappa shape index (κ3) is 3.52. The van der Waals surface area contributed by atoms with E-state index in [-0.39, 0.29) is 23.5 Å². The lowest BCUT2D eigenvalue weighted by atomic mass is 9.78. The lowest BCUT2D eigenvalue weighted by molar-refractivity contribution is -0.116. The fraction of sp³-hybridized carbons (Fsp3) is 0.192. The number of aromatic hydroxyl groups is 1. The number of fused-ring (bicyclic) bond motifs is 1. The molecule has 5 rings (SSSR count). The molecule has 2 atom stereocenters. The van der Waals surface area contributed by atoms with Crippen LogP contribution in [0.2, 0.25) is 0 Å². The number of hydrogen-bond donors (Lipinski definition) is 3. The van der Waals surface area contributed by atoms with Crippen LogP contribution < -0.4 is 15.4 Å². The highest BCUT2D eigenvalue weighted by Gasteiger charge is 2.36. The van der Waals surface area contributed by atoms with Crippen LogP contribution in [0.1, 0.15) is 35.9 Å². The molecule has 0 saturated heterocycles. The Balaban J connectivity index is 1.62. The van der Waals surface area contributed by atoms with Gasteiger partial charge in [-0.3, -0.25) is 4.79 Å². The Labute approximate surface area is 181 Å². The summed E-state index contributed by atoms with van der Waals surface area (Å²) in [5.41, 5.74) is 5.51. The van der Waals surface area contributed by atoms with Gasteiger partial charge in [0.15, 0.2) is 17.3 Å². The molecule has 1 aliphatic heterocycles. The first-order chi connectivity index (χ1) is 15.1. The molecule has 5 heteroatoms. The number of para-hydroxylation sites is 2. The van der Waals surface area contributed by atoms with Crippen molar-refractivity contribution in [3.8, 4) is 11.5 Å². The van der Waals surface area contributed by atoms with Crippen molar-refractivity contribution in [2.45, 2.75) is 24.8 Å². The molecular weight excluding hydrogens is 388 g/mol. The van der Waals surface area contributed by atoms with E-state index < -0.39 is 0 Å². The van der Waals surface area contributed by atoms with E-state index in [1.807, 2.05) is 48.5 Å². The van der Waals surface area contributed by atoms with Crippen LogP contribution in [0.4, 0.5) is 11.4 Å². The Kier molecular flexibility index (Phi) is 4.86. The number of ketones is 1. The van der Waals surface area contributed by atoms with Crippen molar-refractivity contribution < 1.29 is 14.6 Å². The van der Waals surface area contributed by atoms with Crippen molar-refractivity contribution in [1.29, 1.82) is 0 Å². The second kappa shape index (κ2) is 7.84. The van der Waals surface area contributed by atoms with Gasteiger partial charge in [0.05, 0.1) is 24.5 Å². The Bertz CT molecular complexity index is 1170. The average Bonchev–Trinajstić information content (AvgIpc) is 2.96. The van der Waals surface area contributed by atoms with Gasteiger partial charge in [-0.25, -0.2) is 0 Å². The minimum Gasteiger partial charge on any atom is -0.504 e. The van der Waals surface area contributed by atoms with E-state index in [1.165, 1.54) is 12.7 Å². The summed E-state index contributed by atoms with van der Waals surface area (Å²) in [5.74, 6) is 0.711. The molecular formula is C26H24N2O3. The lowest BCUT2D eigenvalue weighted by Crippen LogP contribution is -2.26. The minimum absolute atomic E-state index is 0.0554. The van der Waals surface area contributed by atoms with Crippen molar-refractivity contribution in [3.63, 3.8) is 0 Å². The number of hydrogen-bond acceptors (Lipinski definition) is 5. The number of allylic oxidation sites excluding steroid dienone is 1. The molecule has 31 heavy (non-hydrogen) atoms. The highest BCUT2D eigenvalue weighted by atomic mass is 16.5. The second-order valence-corrected chi connectivity index (χ2v) is 8.01. The van der Waals surface area contributed by atoms with Crippen LogP contribution in [-0.4, -0.2) is 18.0 Å². The second-order valence-electron chi connectivity index (χ2n) is 8.01. The van der Waals surface area contributed by atoms with Gasteiger partial charge in [-0.1, -0.05) is 48.5 Å². The third-order valence-corrected chi connectivity index (χ3v) is 6.12. The van der Waals surface area contributed by atoms with E-state index >= 15 is 0 Å². The molecule has 5 nitrogen and oxygen atoms in total. The Hall–Kier alpha value is -3.73. The molecule has 3 aromatic rings. The molecule has 0 spiro atoms. The van der Waals surface area contributed by atoms with Gasteiger partial charge in [-0.05, 0) is 47.7 Å². The number of carbonyl (C=O) groups is 1. The summed E-state index contributed by atoms with van der Waals surface area (Å²) in [6, 6.07) is 23.1. The van der Waals surface area contributed by atoms with Crippen LogP contribution in [0, 0.1) is 0 Å². The summed E-state index contributed by atoms with van der Waals surface area (Å²) in [5, 5.41) is 17.4. The molecule has 0 fully saturated rings. The zero-order valence-electron chi connectivity index (χ0n) is 17.3. The topological polar surface area (TPSA) is 70.6 Å². The Morgan fingerprint density at radius 1 is 0.903 bits per heavy atom. The molecule has 0 aromatic heterocycles. The van der Waals surface area contributed by atoms with Gasteiger partial charge < -0.3 is 20.5 Å². The monoisotopic (exact) mass is 412 g/mol. The number of phenolic OH excluding ortho intramolecular Hbond substituents is 1. The SMILES string of the molecule is COc1ccc(C2Nc3ccccc3NC3=C2C(=O)CC(c2ccccc2)C3)cc1O. The number of nitrogens with one attached hydrogen (secondary N) is 2. The quantitative estimate of drug-likeness (QED) is 0.539. The molecule has 1 heterocycles. The van der Waals surface area contributed by atoms with E-state index in [4.69, 9.17) is 4.74 Å². The van der Waals surface area contributed by atoms with Gasteiger partial charge in [-0.15, -0.1) is 0 Å². The molecule has 0 bridgehead atoms. The van der Waals surface area contributed by atoms with Crippen LogP contribution in [0.25, 0.3) is 0 Å². The number of phenols is 1. The molecule has 3 aromatic carbocycles. The van der Waals surface area contributed by atoms with E-state index in [0.29, 0.717) is 12.2 Å². The number of rotatable bonds is 3. The standard InChI is InChI=1S/C26H24N2O3/c1-31-24-12-11-17(14-22(24)29)26-25-21(27-19-9-5-6-10-20(19)28-26)13-18(15-23(25)30)16-7-3-2-4-8-16/h2-12,14,18,26-29H,13,15H2,1H3. The predicted molar refractivity (Wildman–Crippen MR) is 122 cm³/mol. The van der Waals surface area contributed by atoms with Crippen LogP contribution in [0.3, 0.4) is 0 Å². The van der Waals surface area contributed by atoms with Gasteiger partial charge in [-0.2, -0.15) is 0 Å². The number of Topliss-reactive ketones (excluding diaryl/α,β-unsaturated/α-hetero) is 1. The van der Waals surface area contributed by atoms with E-state index in [9.17, 15) is 9.90 Å². The summed E-state index contributed by atoms with van der Waals surface area (Å²) >= 11 is 0. The molecule has 0 saturated carbocycles. The number of carbonyl (C=O) groups excluding carboxylic acids is 1. The van der Waals surface area contributed by atoms with Crippen LogP contribution >= 0.6 is 0 Å². The number of ether oxygens (including phenoxy) is 1. The number of anilines is 2. The van der Waals surface area contributed by atoms with Crippen LogP contribution in [0.5, 0.6) is 11.5 Å². The first kappa shape index (κ1) is 19.2. The molecule has 0 amide bonds. The largest absolute Gasteiger partial charge is 0.504 e. The van der Waals surface area contributed by atoms with Crippen molar-refractivity contribution in [3.05, 3.63) is 95.2 Å². The fourth-order valence-corrected chi connectivity index (χ4v) is 4.59. The van der Waals surface area contributed by atoms with E-state index in [1.54, 1.807) is 12.1 Å². The molecule has 0 radical (unpaired) electrons. The van der Waals surface area contributed by atoms with E-state index in [0.717, 1.165) is 34.6 Å². The summed E-state index contributed by atoms with van der Waals surface area (Å²) in [4.78, 5) is 13.5. The van der Waals surface area contributed by atoms with Gasteiger partial charge in [0.2, 0.25) is 0 Å². The Morgan fingerprint density at radius 2 is 1.65 bits per heavy atom. The molecule has 2 aliphatic rings. The van der Waals surface area contributed by atoms with Crippen molar-refractivity contribution >= 4 is 17.2 Å². The summed E-state index contributed by atoms with van der Waals surface area (Å²) in [7, 11) is 1.52. The van der Waals surface area contributed by atoms with Crippen molar-refractivity contribution in [1.82, 2.24) is 0 Å². The normalized spacial score (nSPS) is 20.1. The highest BCUT2D eigenvalue weighted by molar-refractivity contribution is 6.01. The highest BCUT2D eigenvalue weighted by Crippen LogP contribution is 2.45. The van der Waals surface area contributed by atoms with Crippen LogP contribution in [-0.2, 0) is 4.79 Å². The zero-order valence-corrected chi connectivity index (χ0v) is 17.3. The maximum atomic E-state index is 13.5. The maximum absolute atomic E-state index is 13.5. The van der Waals surface area contributed by atoms with Gasteiger partial charge >= 0.3 is 0 Å². The number of benzene rings is 3. The number of methoxy groups -OCH3 is 1. The van der Waals surface area contributed by atoms with Gasteiger partial charge in [0, 0.05) is 17.7 Å². The zero-order chi connectivity index (χ0) is 21.4. The molecule has 156 valence electrons. The maximum Gasteiger partial charge on any atom is 0.163 e. The molecule has 3 N–H and O–H groups in total. The molecule has 2 unspecified atom stereocenters. The lowest BCUT2D eigenvalue weighted by Gasteiger charge is -2.30. The fourth-order valence-electron chi connectivity index (χ4n) is 4.59. The minimum atomic E-state index is -0.368. The van der Waals surface area contributed by atoms with Crippen molar-refractivity contribution in [2.75, 3.05) is 17.7 Å². The Morgan fingerprint density at radius 3 is 2.39 bits per heavy atom. The third-order valence-electron chi connectivity index (χ3n) is 6.12. The van der Waals surface area contributed by atoms with Gasteiger partial charge in [0.1, 0.15) is 0 Å². The molecule has 1 aliphatic carbocycles. The first-order valence-electron chi connectivity index (χ1n) is 10.4. The van der Waals surface area contributed by atoms with Gasteiger partial charge in [0.25, 0.3) is 0 Å². The smallest absolute Gasteiger partial charge is 0.163 e. The van der Waals surface area contributed by atoms with Crippen LogP contribution in [0.15, 0.2) is 84.1 Å². The first-order valence-corrected chi connectivity index (χ1v) is 10.4. The van der Waals surface area contributed by atoms with E-state index in [2.05, 4.69) is 22.8 Å². The van der Waals surface area contributed by atoms with Crippen molar-refractivity contribution in [2.24, 2.45) is 0 Å². The summed E-state index contributed by atoms with van der Waals surface area (Å²) in [6.07, 6.45) is 1.21. The summed E-state index contributed by atoms with van der Waals surface area (Å²) < 4.78 is 5.20. The average molecular weight is 412 g/mol. The summed E-state index contributed by atoms with van der Waals surface area (Å²) in [6.45, 7) is 0. The predicted octanol–water partition coefficient (Wildman–Crippen LogP) is 5.38.